The molecule has 0 aliphatic heterocycles. The molecule has 2 atom stereocenters. The smallest absolute Gasteiger partial charge is 0.256 e. The first kappa shape index (κ1) is 20.6. The lowest BCUT2D eigenvalue weighted by molar-refractivity contribution is -0.148. The Balaban J connectivity index is 1.89. The van der Waals surface area contributed by atoms with Crippen molar-refractivity contribution in [2.24, 2.45) is 5.92 Å². The standard InChI is InChI=1S/C23H32N2O3/c1-4-14-27-20-11-10-19(18-9-7-13-24-21(18)20)25-22(26)23(28-15-5-2)12-6-8-17(3)16-23/h7,9-11,13,17H,4-6,8,12,14-16H2,1-3H3,(H,25,26)/t17-,23-/m0/s1. The summed E-state index contributed by atoms with van der Waals surface area (Å²) < 4.78 is 12.0. The van der Waals surface area contributed by atoms with Crippen molar-refractivity contribution < 1.29 is 14.3 Å². The number of nitrogens with one attached hydrogen (secondary N) is 1. The van der Waals surface area contributed by atoms with Crippen LogP contribution in [-0.4, -0.2) is 29.7 Å². The predicted octanol–water partition coefficient (Wildman–Crippen LogP) is 5.34. The van der Waals surface area contributed by atoms with E-state index >= 15 is 0 Å². The molecule has 1 N–H and O–H groups in total. The second-order valence-electron chi connectivity index (χ2n) is 7.86. The predicted molar refractivity (Wildman–Crippen MR) is 113 cm³/mol. The first-order chi connectivity index (χ1) is 13.6. The van der Waals surface area contributed by atoms with Crippen molar-refractivity contribution in [1.82, 2.24) is 4.98 Å². The fraction of sp³-hybridized carbons (Fsp3) is 0.565. The van der Waals surface area contributed by atoms with Crippen LogP contribution in [0.15, 0.2) is 30.5 Å². The molecule has 1 fully saturated rings. The van der Waals surface area contributed by atoms with E-state index in [1.807, 2.05) is 24.3 Å². The Kier molecular flexibility index (Phi) is 6.89. The molecule has 152 valence electrons. The van der Waals surface area contributed by atoms with E-state index in [0.717, 1.165) is 60.9 Å². The summed E-state index contributed by atoms with van der Waals surface area (Å²) in [5, 5.41) is 4.04. The molecule has 0 radical (unpaired) electrons. The number of amides is 1. The van der Waals surface area contributed by atoms with Gasteiger partial charge in [-0.25, -0.2) is 0 Å². The van der Waals surface area contributed by atoms with Gasteiger partial charge in [0.15, 0.2) is 0 Å². The Hall–Kier alpha value is -2.14. The fourth-order valence-electron chi connectivity index (χ4n) is 4.02. The second-order valence-corrected chi connectivity index (χ2v) is 7.86. The van der Waals surface area contributed by atoms with Crippen molar-refractivity contribution in [2.45, 2.75) is 64.9 Å². The summed E-state index contributed by atoms with van der Waals surface area (Å²) in [5.41, 5.74) is 0.795. The minimum Gasteiger partial charge on any atom is -0.491 e. The molecule has 0 saturated heterocycles. The van der Waals surface area contributed by atoms with Gasteiger partial charge in [0.25, 0.3) is 5.91 Å². The van der Waals surface area contributed by atoms with Crippen LogP contribution in [0.5, 0.6) is 5.75 Å². The van der Waals surface area contributed by atoms with E-state index in [2.05, 4.69) is 31.1 Å². The largest absolute Gasteiger partial charge is 0.491 e. The molecule has 1 aromatic heterocycles. The Morgan fingerprint density at radius 1 is 1.25 bits per heavy atom. The number of benzene rings is 1. The number of ether oxygens (including phenoxy) is 2. The lowest BCUT2D eigenvalue weighted by Gasteiger charge is -2.38. The number of carbonyl (C=O) groups is 1. The van der Waals surface area contributed by atoms with Gasteiger partial charge in [0.2, 0.25) is 0 Å². The average molecular weight is 385 g/mol. The molecule has 1 heterocycles. The number of aromatic nitrogens is 1. The third kappa shape index (κ3) is 4.46. The minimum atomic E-state index is -0.737. The van der Waals surface area contributed by atoms with Crippen LogP contribution in [-0.2, 0) is 9.53 Å². The summed E-state index contributed by atoms with van der Waals surface area (Å²) in [6.07, 6.45) is 7.30. The summed E-state index contributed by atoms with van der Waals surface area (Å²) in [5.74, 6) is 1.19. The van der Waals surface area contributed by atoms with Gasteiger partial charge in [-0.15, -0.1) is 0 Å². The van der Waals surface area contributed by atoms with Crippen molar-refractivity contribution in [3.63, 3.8) is 0 Å². The number of fused-ring (bicyclic) bond motifs is 1. The molecule has 5 nitrogen and oxygen atoms in total. The molecule has 1 aromatic carbocycles. The summed E-state index contributed by atoms with van der Waals surface area (Å²) >= 11 is 0. The van der Waals surface area contributed by atoms with E-state index < -0.39 is 5.60 Å². The number of hydrogen-bond donors (Lipinski definition) is 1. The molecular formula is C23H32N2O3. The molecule has 1 amide bonds. The van der Waals surface area contributed by atoms with Crippen LogP contribution in [0.25, 0.3) is 10.9 Å². The van der Waals surface area contributed by atoms with Crippen LogP contribution in [0, 0.1) is 5.92 Å². The van der Waals surface area contributed by atoms with Crippen molar-refractivity contribution in [2.75, 3.05) is 18.5 Å². The van der Waals surface area contributed by atoms with Crippen LogP contribution in [0.3, 0.4) is 0 Å². The van der Waals surface area contributed by atoms with E-state index in [4.69, 9.17) is 9.47 Å². The lowest BCUT2D eigenvalue weighted by atomic mass is 9.78. The highest BCUT2D eigenvalue weighted by Crippen LogP contribution is 2.37. The molecule has 0 bridgehead atoms. The molecule has 1 aliphatic carbocycles. The number of pyridine rings is 1. The highest BCUT2D eigenvalue weighted by molar-refractivity contribution is 6.05. The minimum absolute atomic E-state index is 0.0418. The number of carbonyl (C=O) groups excluding carboxylic acids is 1. The molecule has 2 aromatic rings. The van der Waals surface area contributed by atoms with Crippen LogP contribution in [0.1, 0.15) is 59.3 Å². The van der Waals surface area contributed by atoms with Crippen LogP contribution >= 0.6 is 0 Å². The fourth-order valence-corrected chi connectivity index (χ4v) is 4.02. The van der Waals surface area contributed by atoms with Gasteiger partial charge >= 0.3 is 0 Å². The van der Waals surface area contributed by atoms with Gasteiger partial charge in [-0.1, -0.05) is 27.2 Å². The molecule has 1 saturated carbocycles. The zero-order valence-corrected chi connectivity index (χ0v) is 17.3. The first-order valence-corrected chi connectivity index (χ1v) is 10.6. The van der Waals surface area contributed by atoms with Crippen molar-refractivity contribution >= 4 is 22.5 Å². The Morgan fingerprint density at radius 3 is 2.82 bits per heavy atom. The highest BCUT2D eigenvalue weighted by Gasteiger charge is 2.42. The van der Waals surface area contributed by atoms with E-state index in [9.17, 15) is 4.79 Å². The Bertz CT molecular complexity index is 808. The maximum Gasteiger partial charge on any atom is 0.256 e. The second kappa shape index (κ2) is 9.37. The summed E-state index contributed by atoms with van der Waals surface area (Å²) in [6, 6.07) is 7.66. The summed E-state index contributed by atoms with van der Waals surface area (Å²) in [6.45, 7) is 7.60. The number of hydrogen-bond acceptors (Lipinski definition) is 4. The monoisotopic (exact) mass is 384 g/mol. The van der Waals surface area contributed by atoms with Gasteiger partial charge < -0.3 is 14.8 Å². The Morgan fingerprint density at radius 2 is 2.07 bits per heavy atom. The van der Waals surface area contributed by atoms with Crippen molar-refractivity contribution in [1.29, 1.82) is 0 Å². The molecule has 3 rings (SSSR count). The molecular weight excluding hydrogens is 352 g/mol. The molecule has 1 aliphatic rings. The van der Waals surface area contributed by atoms with E-state index in [0.29, 0.717) is 19.1 Å². The van der Waals surface area contributed by atoms with E-state index in [-0.39, 0.29) is 5.91 Å². The number of anilines is 1. The lowest BCUT2D eigenvalue weighted by Crippen LogP contribution is -2.48. The zero-order chi connectivity index (χ0) is 20.0. The van der Waals surface area contributed by atoms with Gasteiger partial charge in [-0.05, 0) is 62.3 Å². The molecule has 28 heavy (non-hydrogen) atoms. The maximum atomic E-state index is 13.4. The Labute approximate surface area is 167 Å². The SMILES string of the molecule is CCCOc1ccc(NC(=O)[C@]2(OCCC)CCC[C@H](C)C2)c2cccnc12. The average Bonchev–Trinajstić information content (AvgIpc) is 2.71. The normalized spacial score (nSPS) is 22.2. The molecule has 0 spiro atoms. The van der Waals surface area contributed by atoms with Crippen LogP contribution < -0.4 is 10.1 Å². The molecule has 0 unspecified atom stereocenters. The highest BCUT2D eigenvalue weighted by atomic mass is 16.5. The van der Waals surface area contributed by atoms with Crippen molar-refractivity contribution in [3.05, 3.63) is 30.5 Å². The summed E-state index contributed by atoms with van der Waals surface area (Å²) in [4.78, 5) is 17.8. The van der Waals surface area contributed by atoms with Crippen LogP contribution in [0.4, 0.5) is 5.69 Å². The first-order valence-electron chi connectivity index (χ1n) is 10.6. The van der Waals surface area contributed by atoms with Gasteiger partial charge in [-0.3, -0.25) is 9.78 Å². The zero-order valence-electron chi connectivity index (χ0n) is 17.3. The summed E-state index contributed by atoms with van der Waals surface area (Å²) in [7, 11) is 0. The quantitative estimate of drug-likeness (QED) is 0.667. The van der Waals surface area contributed by atoms with Gasteiger partial charge in [0.05, 0.1) is 12.3 Å². The van der Waals surface area contributed by atoms with Crippen molar-refractivity contribution in [3.8, 4) is 5.75 Å². The molecule has 5 heteroatoms. The third-order valence-electron chi connectivity index (χ3n) is 5.39. The van der Waals surface area contributed by atoms with Crippen LogP contribution in [0.2, 0.25) is 0 Å². The number of nitrogens with zero attached hydrogens (tertiary/aromatic N) is 1. The number of rotatable bonds is 8. The van der Waals surface area contributed by atoms with Gasteiger partial charge in [0, 0.05) is 18.2 Å². The third-order valence-corrected chi connectivity index (χ3v) is 5.39. The topological polar surface area (TPSA) is 60.5 Å². The van der Waals surface area contributed by atoms with Gasteiger partial charge in [-0.2, -0.15) is 0 Å². The van der Waals surface area contributed by atoms with E-state index in [1.54, 1.807) is 6.20 Å². The van der Waals surface area contributed by atoms with E-state index in [1.165, 1.54) is 0 Å². The van der Waals surface area contributed by atoms with Gasteiger partial charge in [0.1, 0.15) is 16.9 Å². The maximum absolute atomic E-state index is 13.4.